The van der Waals surface area contributed by atoms with Crippen LogP contribution in [0, 0.1) is 0 Å². The average Bonchev–Trinajstić information content (AvgIpc) is 2.92. The lowest BCUT2D eigenvalue weighted by Crippen LogP contribution is -2.47. The first kappa shape index (κ1) is 15.3. The molecule has 0 saturated heterocycles. The third-order valence-electron chi connectivity index (χ3n) is 4.50. The summed E-state index contributed by atoms with van der Waals surface area (Å²) in [6.45, 7) is 0.205. The van der Waals surface area contributed by atoms with E-state index < -0.39 is 5.97 Å². The van der Waals surface area contributed by atoms with E-state index in [2.05, 4.69) is 5.32 Å². The summed E-state index contributed by atoms with van der Waals surface area (Å²) in [6.07, 6.45) is 10.1. The zero-order chi connectivity index (χ0) is 14.4. The number of carbonyl (C=O) groups excluding carboxylic acids is 1. The molecule has 0 bridgehead atoms. The Balaban J connectivity index is 1.82. The van der Waals surface area contributed by atoms with Gasteiger partial charge in [-0.25, -0.2) is 0 Å². The van der Waals surface area contributed by atoms with Gasteiger partial charge in [-0.05, 0) is 25.7 Å². The maximum absolute atomic E-state index is 12.1. The quantitative estimate of drug-likeness (QED) is 0.779. The minimum absolute atomic E-state index is 0.00921. The Morgan fingerprint density at radius 3 is 2.15 bits per heavy atom. The zero-order valence-corrected chi connectivity index (χ0v) is 12.1. The molecule has 0 aromatic heterocycles. The number of nitrogens with zero attached hydrogens (tertiary/aromatic N) is 1. The fourth-order valence-electron chi connectivity index (χ4n) is 3.46. The van der Waals surface area contributed by atoms with Gasteiger partial charge >= 0.3 is 5.97 Å². The molecule has 0 aliphatic heterocycles. The van der Waals surface area contributed by atoms with Gasteiger partial charge in [0.25, 0.3) is 0 Å². The van der Waals surface area contributed by atoms with Gasteiger partial charge in [0.2, 0.25) is 5.91 Å². The summed E-state index contributed by atoms with van der Waals surface area (Å²) in [5, 5.41) is 12.1. The van der Waals surface area contributed by atoms with Crippen LogP contribution in [0.4, 0.5) is 0 Å². The summed E-state index contributed by atoms with van der Waals surface area (Å²) in [6, 6.07) is 0.565. The Morgan fingerprint density at radius 2 is 1.55 bits per heavy atom. The fourth-order valence-corrected chi connectivity index (χ4v) is 3.46. The standard InChI is InChI=1S/C15H26N2O3/c18-14(16-12-6-2-1-3-7-12)10-17(11-15(19)20)13-8-4-5-9-13/h12-13H,1-11H2,(H,16,18)(H,19,20). The van der Waals surface area contributed by atoms with Gasteiger partial charge in [-0.3, -0.25) is 14.5 Å². The molecule has 0 atom stereocenters. The maximum Gasteiger partial charge on any atom is 0.317 e. The highest BCUT2D eigenvalue weighted by Gasteiger charge is 2.26. The fraction of sp³-hybridized carbons (Fsp3) is 0.867. The van der Waals surface area contributed by atoms with Crippen LogP contribution in [-0.4, -0.2) is 47.1 Å². The molecule has 2 saturated carbocycles. The van der Waals surface area contributed by atoms with Crippen LogP contribution < -0.4 is 5.32 Å². The van der Waals surface area contributed by atoms with Crippen LogP contribution in [0.3, 0.4) is 0 Å². The van der Waals surface area contributed by atoms with Crippen molar-refractivity contribution in [1.82, 2.24) is 10.2 Å². The van der Waals surface area contributed by atoms with Crippen LogP contribution in [0.5, 0.6) is 0 Å². The molecule has 2 N–H and O–H groups in total. The lowest BCUT2D eigenvalue weighted by Gasteiger charge is -2.28. The normalized spacial score (nSPS) is 21.2. The summed E-state index contributed by atoms with van der Waals surface area (Å²) in [5.74, 6) is -0.854. The van der Waals surface area contributed by atoms with E-state index in [1.807, 2.05) is 4.90 Å². The molecule has 0 aromatic rings. The maximum atomic E-state index is 12.1. The molecule has 2 aliphatic carbocycles. The van der Waals surface area contributed by atoms with Gasteiger partial charge in [0, 0.05) is 12.1 Å². The van der Waals surface area contributed by atoms with Crippen molar-refractivity contribution in [2.24, 2.45) is 0 Å². The first-order valence-electron chi connectivity index (χ1n) is 7.90. The molecule has 20 heavy (non-hydrogen) atoms. The Labute approximate surface area is 120 Å². The molecule has 2 fully saturated rings. The molecule has 0 spiro atoms. The summed E-state index contributed by atoms with van der Waals surface area (Å²) < 4.78 is 0. The second kappa shape index (κ2) is 7.62. The molecule has 2 rings (SSSR count). The van der Waals surface area contributed by atoms with Crippen molar-refractivity contribution in [1.29, 1.82) is 0 Å². The molecular weight excluding hydrogens is 256 g/mol. The zero-order valence-electron chi connectivity index (χ0n) is 12.1. The van der Waals surface area contributed by atoms with Gasteiger partial charge < -0.3 is 10.4 Å². The van der Waals surface area contributed by atoms with Gasteiger partial charge in [-0.2, -0.15) is 0 Å². The molecule has 0 heterocycles. The minimum Gasteiger partial charge on any atom is -0.480 e. The second-order valence-corrected chi connectivity index (χ2v) is 6.14. The number of carboxylic acids is 1. The van der Waals surface area contributed by atoms with E-state index in [1.54, 1.807) is 0 Å². The number of hydrogen-bond acceptors (Lipinski definition) is 3. The lowest BCUT2D eigenvalue weighted by atomic mass is 9.95. The van der Waals surface area contributed by atoms with Crippen LogP contribution in [0.1, 0.15) is 57.8 Å². The monoisotopic (exact) mass is 282 g/mol. The highest BCUT2D eigenvalue weighted by atomic mass is 16.4. The largest absolute Gasteiger partial charge is 0.480 e. The van der Waals surface area contributed by atoms with Gasteiger partial charge in [-0.15, -0.1) is 0 Å². The molecule has 1 amide bonds. The number of rotatable bonds is 6. The molecule has 0 unspecified atom stereocenters. The minimum atomic E-state index is -0.845. The molecule has 5 nitrogen and oxygen atoms in total. The smallest absolute Gasteiger partial charge is 0.317 e. The van der Waals surface area contributed by atoms with E-state index in [0.717, 1.165) is 38.5 Å². The highest BCUT2D eigenvalue weighted by Crippen LogP contribution is 2.23. The molecule has 114 valence electrons. The predicted octanol–water partition coefficient (Wildman–Crippen LogP) is 1.76. The summed E-state index contributed by atoms with van der Waals surface area (Å²) in [4.78, 5) is 24.9. The topological polar surface area (TPSA) is 69.6 Å². The van der Waals surface area contributed by atoms with Gasteiger partial charge in [0.05, 0.1) is 13.1 Å². The van der Waals surface area contributed by atoms with E-state index in [9.17, 15) is 9.59 Å². The number of amides is 1. The predicted molar refractivity (Wildman–Crippen MR) is 76.5 cm³/mol. The molecular formula is C15H26N2O3. The summed E-state index contributed by atoms with van der Waals surface area (Å²) in [5.41, 5.74) is 0. The van der Waals surface area contributed by atoms with Crippen molar-refractivity contribution in [2.45, 2.75) is 69.9 Å². The molecule has 0 radical (unpaired) electrons. The van der Waals surface area contributed by atoms with E-state index in [1.165, 1.54) is 19.3 Å². The number of aliphatic carboxylic acids is 1. The highest BCUT2D eigenvalue weighted by molar-refractivity contribution is 5.79. The number of hydrogen-bond donors (Lipinski definition) is 2. The van der Waals surface area contributed by atoms with Gasteiger partial charge in [0.15, 0.2) is 0 Å². The van der Waals surface area contributed by atoms with Crippen LogP contribution >= 0.6 is 0 Å². The summed E-state index contributed by atoms with van der Waals surface area (Å²) in [7, 11) is 0. The van der Waals surface area contributed by atoms with Gasteiger partial charge in [0.1, 0.15) is 0 Å². The van der Waals surface area contributed by atoms with Crippen molar-refractivity contribution >= 4 is 11.9 Å². The average molecular weight is 282 g/mol. The third kappa shape index (κ3) is 4.78. The lowest BCUT2D eigenvalue weighted by molar-refractivity contribution is -0.139. The second-order valence-electron chi connectivity index (χ2n) is 6.14. The van der Waals surface area contributed by atoms with Crippen molar-refractivity contribution in [3.8, 4) is 0 Å². The van der Waals surface area contributed by atoms with E-state index >= 15 is 0 Å². The molecule has 2 aliphatic rings. The van der Waals surface area contributed by atoms with Gasteiger partial charge in [-0.1, -0.05) is 32.1 Å². The van der Waals surface area contributed by atoms with Crippen LogP contribution in [-0.2, 0) is 9.59 Å². The first-order chi connectivity index (χ1) is 9.65. The number of carboxylic acid groups (broad SMARTS) is 1. The van der Waals surface area contributed by atoms with Crippen molar-refractivity contribution < 1.29 is 14.7 Å². The van der Waals surface area contributed by atoms with Crippen LogP contribution in [0.25, 0.3) is 0 Å². The Morgan fingerprint density at radius 1 is 0.950 bits per heavy atom. The Hall–Kier alpha value is -1.10. The van der Waals surface area contributed by atoms with Crippen LogP contribution in [0.2, 0.25) is 0 Å². The van der Waals surface area contributed by atoms with Crippen molar-refractivity contribution in [3.05, 3.63) is 0 Å². The van der Waals surface area contributed by atoms with E-state index in [0.29, 0.717) is 6.04 Å². The first-order valence-corrected chi connectivity index (χ1v) is 7.90. The number of nitrogens with one attached hydrogen (secondary N) is 1. The summed E-state index contributed by atoms with van der Waals surface area (Å²) >= 11 is 0. The Kier molecular flexibility index (Phi) is 5.83. The number of carbonyl (C=O) groups is 2. The third-order valence-corrected chi connectivity index (χ3v) is 4.50. The Bertz CT molecular complexity index is 334. The molecule has 0 aromatic carbocycles. The molecule has 5 heteroatoms. The van der Waals surface area contributed by atoms with E-state index in [4.69, 9.17) is 5.11 Å². The van der Waals surface area contributed by atoms with Crippen LogP contribution in [0.15, 0.2) is 0 Å². The van der Waals surface area contributed by atoms with Crippen molar-refractivity contribution in [2.75, 3.05) is 13.1 Å². The van der Waals surface area contributed by atoms with Crippen molar-refractivity contribution in [3.63, 3.8) is 0 Å². The van der Waals surface area contributed by atoms with E-state index in [-0.39, 0.29) is 25.0 Å². The SMILES string of the molecule is O=C(O)CN(CC(=O)NC1CCCCC1)C1CCCC1.